The molecule has 1 amide bonds. The van der Waals surface area contributed by atoms with E-state index in [4.69, 9.17) is 0 Å². The van der Waals surface area contributed by atoms with Gasteiger partial charge in [0.05, 0.1) is 18.6 Å². The van der Waals surface area contributed by atoms with Crippen molar-refractivity contribution in [3.63, 3.8) is 0 Å². The number of carbonyl (C=O) groups is 1. The van der Waals surface area contributed by atoms with Crippen molar-refractivity contribution in [2.24, 2.45) is 5.92 Å². The summed E-state index contributed by atoms with van der Waals surface area (Å²) >= 11 is 0. The zero-order chi connectivity index (χ0) is 17.1. The van der Waals surface area contributed by atoms with Crippen LogP contribution in [0.25, 0.3) is 0 Å². The van der Waals surface area contributed by atoms with Crippen molar-refractivity contribution >= 4 is 5.91 Å². The zero-order valence-electron chi connectivity index (χ0n) is 13.0. The van der Waals surface area contributed by atoms with Crippen LogP contribution in [0.3, 0.4) is 0 Å². The Labute approximate surface area is 138 Å². The first-order chi connectivity index (χ1) is 11.5. The highest BCUT2D eigenvalue weighted by Crippen LogP contribution is 2.39. The fraction of sp³-hybridized carbons (Fsp3) is 0.333. The molecule has 1 heterocycles. The van der Waals surface area contributed by atoms with Crippen LogP contribution in [-0.2, 0) is 11.2 Å². The maximum absolute atomic E-state index is 14.1. The number of nitrogens with zero attached hydrogens (tertiary/aromatic N) is 1. The molecule has 4 nitrogen and oxygen atoms in total. The van der Waals surface area contributed by atoms with Gasteiger partial charge in [0.25, 0.3) is 0 Å². The van der Waals surface area contributed by atoms with E-state index in [9.17, 15) is 18.7 Å². The molecule has 0 radical (unpaired) electrons. The molecule has 1 aliphatic carbocycles. The Morgan fingerprint density at radius 2 is 1.96 bits per heavy atom. The van der Waals surface area contributed by atoms with Crippen LogP contribution in [0.5, 0.6) is 0 Å². The Bertz CT molecular complexity index is 718. The van der Waals surface area contributed by atoms with E-state index >= 15 is 0 Å². The monoisotopic (exact) mass is 332 g/mol. The Morgan fingerprint density at radius 3 is 2.58 bits per heavy atom. The fourth-order valence-corrected chi connectivity index (χ4v) is 3.02. The predicted molar refractivity (Wildman–Crippen MR) is 83.9 cm³/mol. The highest BCUT2D eigenvalue weighted by molar-refractivity contribution is 5.79. The highest BCUT2D eigenvalue weighted by atomic mass is 19.1. The van der Waals surface area contributed by atoms with E-state index in [0.717, 1.165) is 11.6 Å². The molecular formula is C18H18F2N2O2. The maximum Gasteiger partial charge on any atom is 0.224 e. The fourth-order valence-electron chi connectivity index (χ4n) is 3.02. The third-order valence-corrected chi connectivity index (χ3v) is 4.35. The van der Waals surface area contributed by atoms with E-state index < -0.39 is 23.8 Å². The smallest absolute Gasteiger partial charge is 0.224 e. The molecule has 2 N–H and O–H groups in total. The van der Waals surface area contributed by atoms with Crippen LogP contribution in [0.4, 0.5) is 8.78 Å². The number of aliphatic hydroxyl groups excluding tert-OH is 1. The minimum absolute atomic E-state index is 0.0682. The Hall–Kier alpha value is -2.34. The van der Waals surface area contributed by atoms with Crippen molar-refractivity contribution in [1.82, 2.24) is 10.3 Å². The molecule has 126 valence electrons. The summed E-state index contributed by atoms with van der Waals surface area (Å²) in [6.07, 6.45) is 3.88. The second-order valence-electron chi connectivity index (χ2n) is 6.13. The standard InChI is InChI=1S/C18H18F2N2O2/c19-13-1-2-15(16(20)10-13)18(12-8-14(23)9-12)22-17(24)7-11-3-5-21-6-4-11/h1-6,10,12,14,18,23H,7-9H2,(H,22,24). The number of aromatic nitrogens is 1. The van der Waals surface area contributed by atoms with E-state index in [0.29, 0.717) is 12.8 Å². The molecule has 0 aliphatic heterocycles. The average molecular weight is 332 g/mol. The van der Waals surface area contributed by atoms with E-state index in [1.54, 1.807) is 24.5 Å². The van der Waals surface area contributed by atoms with Crippen LogP contribution in [0.2, 0.25) is 0 Å². The van der Waals surface area contributed by atoms with Crippen LogP contribution in [0.15, 0.2) is 42.7 Å². The van der Waals surface area contributed by atoms with Gasteiger partial charge in [-0.2, -0.15) is 0 Å². The van der Waals surface area contributed by atoms with Gasteiger partial charge in [-0.1, -0.05) is 6.07 Å². The second-order valence-corrected chi connectivity index (χ2v) is 6.13. The van der Waals surface area contributed by atoms with Crippen LogP contribution < -0.4 is 5.32 Å². The molecule has 0 spiro atoms. The molecule has 24 heavy (non-hydrogen) atoms. The van der Waals surface area contributed by atoms with Gasteiger partial charge in [0, 0.05) is 24.0 Å². The second kappa shape index (κ2) is 7.05. The molecule has 1 saturated carbocycles. The molecule has 0 saturated heterocycles. The van der Waals surface area contributed by atoms with Crippen LogP contribution in [-0.4, -0.2) is 22.1 Å². The third kappa shape index (κ3) is 3.76. The van der Waals surface area contributed by atoms with Gasteiger partial charge in [0.1, 0.15) is 11.6 Å². The number of hydrogen-bond acceptors (Lipinski definition) is 3. The van der Waals surface area contributed by atoms with Crippen LogP contribution in [0, 0.1) is 17.6 Å². The number of hydrogen-bond donors (Lipinski definition) is 2. The highest BCUT2D eigenvalue weighted by Gasteiger charge is 2.36. The predicted octanol–water partition coefficient (Wildman–Crippen LogP) is 2.53. The summed E-state index contributed by atoms with van der Waals surface area (Å²) in [4.78, 5) is 16.2. The summed E-state index contributed by atoms with van der Waals surface area (Å²) in [6, 6.07) is 6.23. The topological polar surface area (TPSA) is 62.2 Å². The van der Waals surface area contributed by atoms with E-state index in [2.05, 4.69) is 10.3 Å². The number of benzene rings is 1. The lowest BCUT2D eigenvalue weighted by atomic mass is 9.75. The van der Waals surface area contributed by atoms with Crippen molar-refractivity contribution in [2.75, 3.05) is 0 Å². The summed E-state index contributed by atoms with van der Waals surface area (Å²) in [7, 11) is 0. The molecule has 1 aliphatic rings. The summed E-state index contributed by atoms with van der Waals surface area (Å²) in [6.45, 7) is 0. The van der Waals surface area contributed by atoms with Crippen LogP contribution in [0.1, 0.15) is 30.0 Å². The van der Waals surface area contributed by atoms with Gasteiger partial charge in [-0.05, 0) is 42.5 Å². The number of halogens is 2. The van der Waals surface area contributed by atoms with E-state index in [-0.39, 0.29) is 23.8 Å². The Balaban J connectivity index is 1.76. The lowest BCUT2D eigenvalue weighted by Gasteiger charge is -2.38. The minimum Gasteiger partial charge on any atom is -0.393 e. The van der Waals surface area contributed by atoms with Gasteiger partial charge >= 0.3 is 0 Å². The van der Waals surface area contributed by atoms with Gasteiger partial charge in [0.2, 0.25) is 5.91 Å². The summed E-state index contributed by atoms with van der Waals surface area (Å²) in [5.74, 6) is -1.67. The molecule has 0 bridgehead atoms. The third-order valence-electron chi connectivity index (χ3n) is 4.35. The first kappa shape index (κ1) is 16.5. The Morgan fingerprint density at radius 1 is 1.25 bits per heavy atom. The lowest BCUT2D eigenvalue weighted by molar-refractivity contribution is -0.122. The first-order valence-corrected chi connectivity index (χ1v) is 7.84. The number of carbonyl (C=O) groups excluding carboxylic acids is 1. The molecule has 2 aromatic rings. The summed E-state index contributed by atoms with van der Waals surface area (Å²) in [5.41, 5.74) is 1.05. The van der Waals surface area contributed by atoms with Gasteiger partial charge < -0.3 is 10.4 Å². The molecule has 1 unspecified atom stereocenters. The quantitative estimate of drug-likeness (QED) is 0.884. The SMILES string of the molecule is O=C(Cc1ccncc1)NC(c1ccc(F)cc1F)C1CC(O)C1. The number of nitrogens with one attached hydrogen (secondary N) is 1. The summed E-state index contributed by atoms with van der Waals surface area (Å²) < 4.78 is 27.3. The van der Waals surface area contributed by atoms with Crippen molar-refractivity contribution in [3.05, 3.63) is 65.5 Å². The molecule has 1 fully saturated rings. The zero-order valence-corrected chi connectivity index (χ0v) is 13.0. The molecule has 1 aromatic heterocycles. The number of rotatable bonds is 5. The number of amides is 1. The number of aliphatic hydroxyl groups is 1. The van der Waals surface area contributed by atoms with Crippen molar-refractivity contribution in [3.8, 4) is 0 Å². The van der Waals surface area contributed by atoms with Crippen molar-refractivity contribution in [2.45, 2.75) is 31.4 Å². The molecule has 1 aromatic carbocycles. The van der Waals surface area contributed by atoms with Gasteiger partial charge in [0.15, 0.2) is 0 Å². The van der Waals surface area contributed by atoms with Gasteiger partial charge in [-0.25, -0.2) is 8.78 Å². The summed E-state index contributed by atoms with van der Waals surface area (Å²) in [5, 5.41) is 12.4. The van der Waals surface area contributed by atoms with Crippen molar-refractivity contribution in [1.29, 1.82) is 0 Å². The molecule has 6 heteroatoms. The van der Waals surface area contributed by atoms with E-state index in [1.807, 2.05) is 0 Å². The van der Waals surface area contributed by atoms with Crippen molar-refractivity contribution < 1.29 is 18.7 Å². The molecule has 1 atom stereocenters. The minimum atomic E-state index is -0.689. The molecule has 3 rings (SSSR count). The maximum atomic E-state index is 14.1. The van der Waals surface area contributed by atoms with E-state index in [1.165, 1.54) is 12.1 Å². The lowest BCUT2D eigenvalue weighted by Crippen LogP contribution is -2.42. The first-order valence-electron chi connectivity index (χ1n) is 7.84. The van der Waals surface area contributed by atoms with Crippen LogP contribution >= 0.6 is 0 Å². The van der Waals surface area contributed by atoms with Gasteiger partial charge in [-0.3, -0.25) is 9.78 Å². The Kier molecular flexibility index (Phi) is 4.85. The van der Waals surface area contributed by atoms with Gasteiger partial charge in [-0.15, -0.1) is 0 Å². The number of pyridine rings is 1. The normalized spacial score (nSPS) is 21.0. The average Bonchev–Trinajstić information content (AvgIpc) is 2.51. The largest absolute Gasteiger partial charge is 0.393 e. The molecular weight excluding hydrogens is 314 g/mol.